The molecule has 4 atom stereocenters. The van der Waals surface area contributed by atoms with Crippen molar-refractivity contribution >= 4 is 18.1 Å². The van der Waals surface area contributed by atoms with Gasteiger partial charge in [0.05, 0.1) is 7.11 Å². The van der Waals surface area contributed by atoms with E-state index in [-0.39, 0.29) is 23.2 Å². The molecule has 0 saturated heterocycles. The third kappa shape index (κ3) is 1.94. The van der Waals surface area contributed by atoms with Gasteiger partial charge in [-0.3, -0.25) is 0 Å². The lowest BCUT2D eigenvalue weighted by Gasteiger charge is -2.47. The lowest BCUT2D eigenvalue weighted by molar-refractivity contribution is -0.137. The summed E-state index contributed by atoms with van der Waals surface area (Å²) in [5, 5.41) is 1.21. The Hall–Kier alpha value is -2.29. The molecule has 4 rings (SSSR count). The molecule has 0 aromatic carbocycles. The average Bonchev–Trinajstić information content (AvgIpc) is 2.86. The van der Waals surface area contributed by atoms with Crippen molar-refractivity contribution in [2.75, 3.05) is 7.11 Å². The van der Waals surface area contributed by atoms with Crippen LogP contribution in [-0.4, -0.2) is 13.1 Å². The number of aryl methyl sites for hydroxylation is 1. The van der Waals surface area contributed by atoms with Crippen molar-refractivity contribution in [3.63, 3.8) is 0 Å². The first-order valence-corrected chi connectivity index (χ1v) is 8.41. The van der Waals surface area contributed by atoms with Gasteiger partial charge in [0.2, 0.25) is 0 Å². The summed E-state index contributed by atoms with van der Waals surface area (Å²) in [5.41, 5.74) is 2.74. The van der Waals surface area contributed by atoms with Crippen LogP contribution in [0.1, 0.15) is 18.2 Å². The maximum absolute atomic E-state index is 12.2. The maximum atomic E-state index is 12.2. The van der Waals surface area contributed by atoms with E-state index in [1.165, 1.54) is 17.9 Å². The molecular weight excluding hydrogens is 300 g/mol. The van der Waals surface area contributed by atoms with E-state index in [9.17, 15) is 4.79 Å². The van der Waals surface area contributed by atoms with Crippen LogP contribution in [0.25, 0.3) is 12.2 Å². The first-order valence-electron chi connectivity index (χ1n) is 8.41. The summed E-state index contributed by atoms with van der Waals surface area (Å²) in [4.78, 5) is 12.2. The lowest BCUT2D eigenvalue weighted by Crippen LogP contribution is -2.45. The van der Waals surface area contributed by atoms with Crippen molar-refractivity contribution in [2.24, 2.45) is 23.2 Å². The van der Waals surface area contributed by atoms with E-state index in [4.69, 9.17) is 9.15 Å². The van der Waals surface area contributed by atoms with Gasteiger partial charge < -0.3 is 9.15 Å². The van der Waals surface area contributed by atoms with Crippen LogP contribution in [-0.2, 0) is 9.53 Å². The zero-order chi connectivity index (χ0) is 17.1. The molecule has 0 bridgehead atoms. The predicted octanol–water partition coefficient (Wildman–Crippen LogP) is 2.56. The average molecular weight is 322 g/mol. The molecule has 24 heavy (non-hydrogen) atoms. The normalized spacial score (nSPS) is 32.7. The molecule has 0 saturated carbocycles. The number of methoxy groups -OCH3 is 1. The number of carbonyl (C=O) groups is 1. The molecule has 1 aromatic rings. The highest BCUT2D eigenvalue weighted by molar-refractivity contribution is 5.90. The van der Waals surface area contributed by atoms with E-state index in [1.54, 1.807) is 0 Å². The second-order valence-corrected chi connectivity index (χ2v) is 7.20. The molecule has 0 fully saturated rings. The number of rotatable bonds is 1. The standard InChI is InChI=1S/C21H22O3/c1-12-13(2)24-19-11-18-14(10-16(12)19)7-8-17-15(20(22)23-4)6-5-9-21(17,18)3/h5-11,14,17-18H,1-4H3/t14-,17+,18+,21?/m0/s1. The van der Waals surface area contributed by atoms with Crippen LogP contribution in [0, 0.1) is 37.0 Å². The summed E-state index contributed by atoms with van der Waals surface area (Å²) in [7, 11) is 1.44. The van der Waals surface area contributed by atoms with Gasteiger partial charge in [-0.15, -0.1) is 0 Å². The summed E-state index contributed by atoms with van der Waals surface area (Å²) >= 11 is 0. The van der Waals surface area contributed by atoms with Gasteiger partial charge in [0.25, 0.3) is 0 Å². The molecule has 1 aromatic heterocycles. The Morgan fingerprint density at radius 1 is 1.25 bits per heavy atom. The molecule has 124 valence electrons. The van der Waals surface area contributed by atoms with E-state index in [0.29, 0.717) is 5.92 Å². The number of carbonyl (C=O) groups excluding carboxylic acids is 1. The molecule has 3 aliphatic carbocycles. The molecule has 3 heteroatoms. The van der Waals surface area contributed by atoms with E-state index in [2.05, 4.69) is 44.2 Å². The monoisotopic (exact) mass is 322 g/mol. The number of fused-ring (bicyclic) bond motifs is 4. The predicted molar refractivity (Wildman–Crippen MR) is 93.3 cm³/mol. The SMILES string of the molecule is COC(=O)C1=CC=CC2(C)[C@@H]1C=C[C@H]1C=c3c(C)c(C)oc3=C[C@H]12. The zero-order valence-electron chi connectivity index (χ0n) is 14.5. The summed E-state index contributed by atoms with van der Waals surface area (Å²) in [6.07, 6.45) is 15.1. The molecule has 3 nitrogen and oxygen atoms in total. The molecule has 0 radical (unpaired) electrons. The van der Waals surface area contributed by atoms with Crippen LogP contribution in [0.5, 0.6) is 0 Å². The Kier molecular flexibility index (Phi) is 3.24. The minimum Gasteiger partial charge on any atom is -0.466 e. The molecule has 1 unspecified atom stereocenters. The van der Waals surface area contributed by atoms with Crippen LogP contribution in [0.15, 0.2) is 40.4 Å². The van der Waals surface area contributed by atoms with Gasteiger partial charge in [-0.1, -0.05) is 43.4 Å². The number of hydrogen-bond donors (Lipinski definition) is 0. The molecule has 1 heterocycles. The van der Waals surface area contributed by atoms with Gasteiger partial charge in [-0.05, 0) is 25.5 Å². The maximum Gasteiger partial charge on any atom is 0.334 e. The highest BCUT2D eigenvalue weighted by Crippen LogP contribution is 2.52. The quantitative estimate of drug-likeness (QED) is 0.589. The van der Waals surface area contributed by atoms with Crippen LogP contribution >= 0.6 is 0 Å². The molecule has 0 aliphatic heterocycles. The third-order valence-electron chi connectivity index (χ3n) is 5.97. The van der Waals surface area contributed by atoms with Crippen molar-refractivity contribution < 1.29 is 13.9 Å². The lowest BCUT2D eigenvalue weighted by atomic mass is 9.56. The highest BCUT2D eigenvalue weighted by atomic mass is 16.5. The second-order valence-electron chi connectivity index (χ2n) is 7.20. The third-order valence-corrected chi connectivity index (χ3v) is 5.97. The summed E-state index contributed by atoms with van der Waals surface area (Å²) in [5.74, 6) is 1.33. The van der Waals surface area contributed by atoms with Gasteiger partial charge in [0, 0.05) is 34.0 Å². The fraction of sp³-hybridized carbons (Fsp3) is 0.381. The van der Waals surface area contributed by atoms with Gasteiger partial charge in [-0.2, -0.15) is 0 Å². The Morgan fingerprint density at radius 3 is 2.79 bits per heavy atom. The first-order chi connectivity index (χ1) is 11.5. The van der Waals surface area contributed by atoms with E-state index >= 15 is 0 Å². The van der Waals surface area contributed by atoms with Gasteiger partial charge in [0.1, 0.15) is 11.2 Å². The van der Waals surface area contributed by atoms with Crippen molar-refractivity contribution in [2.45, 2.75) is 20.8 Å². The molecule has 0 spiro atoms. The molecule has 0 N–H and O–H groups in total. The van der Waals surface area contributed by atoms with Gasteiger partial charge in [-0.25, -0.2) is 4.79 Å². The zero-order valence-corrected chi connectivity index (χ0v) is 14.5. The van der Waals surface area contributed by atoms with Crippen LogP contribution in [0.3, 0.4) is 0 Å². The van der Waals surface area contributed by atoms with E-state index < -0.39 is 0 Å². The first kappa shape index (κ1) is 15.3. The molecule has 0 amide bonds. The second kappa shape index (κ2) is 5.10. The summed E-state index contributed by atoms with van der Waals surface area (Å²) in [6.45, 7) is 6.35. The number of hydrogen-bond acceptors (Lipinski definition) is 3. The van der Waals surface area contributed by atoms with Crippen LogP contribution in [0.2, 0.25) is 0 Å². The Bertz CT molecular complexity index is 925. The fourth-order valence-electron chi connectivity index (χ4n) is 4.42. The van der Waals surface area contributed by atoms with Crippen molar-refractivity contribution in [3.8, 4) is 0 Å². The smallest absolute Gasteiger partial charge is 0.334 e. The number of furan rings is 1. The summed E-state index contributed by atoms with van der Waals surface area (Å²) < 4.78 is 10.9. The van der Waals surface area contributed by atoms with Gasteiger partial charge >= 0.3 is 5.97 Å². The fourth-order valence-corrected chi connectivity index (χ4v) is 4.42. The van der Waals surface area contributed by atoms with E-state index in [0.717, 1.165) is 16.7 Å². The van der Waals surface area contributed by atoms with Crippen molar-refractivity contribution in [1.82, 2.24) is 0 Å². The number of ether oxygens (including phenoxy) is 1. The highest BCUT2D eigenvalue weighted by Gasteiger charge is 2.47. The van der Waals surface area contributed by atoms with Gasteiger partial charge in [0.15, 0.2) is 0 Å². The number of esters is 1. The topological polar surface area (TPSA) is 39.4 Å². The Balaban J connectivity index is 1.87. The minimum atomic E-state index is -0.246. The Labute approximate surface area is 141 Å². The molecular formula is C21H22O3. The minimum absolute atomic E-state index is 0.0274. The largest absolute Gasteiger partial charge is 0.466 e. The van der Waals surface area contributed by atoms with Crippen LogP contribution in [0.4, 0.5) is 0 Å². The number of allylic oxidation sites excluding steroid dienone is 5. The van der Waals surface area contributed by atoms with Crippen LogP contribution < -0.4 is 10.6 Å². The Morgan fingerprint density at radius 2 is 2.04 bits per heavy atom. The van der Waals surface area contributed by atoms with Crippen molar-refractivity contribution in [3.05, 3.63) is 57.9 Å². The molecule has 3 aliphatic rings. The van der Waals surface area contributed by atoms with E-state index in [1.807, 2.05) is 19.1 Å². The summed E-state index contributed by atoms with van der Waals surface area (Å²) in [6, 6.07) is 0. The van der Waals surface area contributed by atoms with Crippen molar-refractivity contribution in [1.29, 1.82) is 0 Å².